The Balaban J connectivity index is 1.34. The second-order valence-corrected chi connectivity index (χ2v) is 8.50. The Labute approximate surface area is 165 Å². The van der Waals surface area contributed by atoms with Crippen molar-refractivity contribution in [2.24, 2.45) is 0 Å². The van der Waals surface area contributed by atoms with Gasteiger partial charge in [0, 0.05) is 11.1 Å². The van der Waals surface area contributed by atoms with Crippen LogP contribution in [0.1, 0.15) is 80.9 Å². The maximum absolute atomic E-state index is 6.18. The number of rotatable bonds is 3. The van der Waals surface area contributed by atoms with Crippen LogP contribution in [0.15, 0.2) is 22.6 Å². The first-order valence-electron chi connectivity index (χ1n) is 10.3. The molecule has 1 aliphatic carbocycles. The first-order valence-corrected chi connectivity index (χ1v) is 10.7. The molecular formula is C21H26ClN3O2. The van der Waals surface area contributed by atoms with Crippen molar-refractivity contribution in [3.05, 3.63) is 40.6 Å². The van der Waals surface area contributed by atoms with Crippen molar-refractivity contribution in [1.29, 1.82) is 0 Å². The highest BCUT2D eigenvalue weighted by Crippen LogP contribution is 2.39. The third kappa shape index (κ3) is 3.47. The maximum Gasteiger partial charge on any atom is 0.257 e. The lowest BCUT2D eigenvalue weighted by Crippen LogP contribution is -2.40. The van der Waals surface area contributed by atoms with E-state index < -0.39 is 0 Å². The van der Waals surface area contributed by atoms with E-state index in [0.717, 1.165) is 48.0 Å². The van der Waals surface area contributed by atoms with Gasteiger partial charge in [-0.25, -0.2) is 0 Å². The molecule has 1 saturated carbocycles. The largest absolute Gasteiger partial charge is 0.480 e. The van der Waals surface area contributed by atoms with Crippen LogP contribution in [0.2, 0.25) is 5.02 Å². The Morgan fingerprint density at radius 2 is 1.78 bits per heavy atom. The molecule has 5 nitrogen and oxygen atoms in total. The number of benzene rings is 1. The molecule has 1 aromatic carbocycles. The van der Waals surface area contributed by atoms with Gasteiger partial charge in [-0.05, 0) is 68.8 Å². The minimum atomic E-state index is -0.163. The van der Waals surface area contributed by atoms with Crippen LogP contribution in [0, 0.1) is 0 Å². The van der Waals surface area contributed by atoms with E-state index in [1.54, 1.807) is 0 Å². The quantitative estimate of drug-likeness (QED) is 0.719. The summed E-state index contributed by atoms with van der Waals surface area (Å²) in [5, 5.41) is 9.57. The van der Waals surface area contributed by atoms with E-state index in [0.29, 0.717) is 11.9 Å². The van der Waals surface area contributed by atoms with E-state index in [-0.39, 0.29) is 12.1 Å². The Kier molecular flexibility index (Phi) is 4.82. The molecule has 144 valence electrons. The van der Waals surface area contributed by atoms with Crippen molar-refractivity contribution in [2.45, 2.75) is 76.0 Å². The van der Waals surface area contributed by atoms with E-state index in [4.69, 9.17) is 20.8 Å². The summed E-state index contributed by atoms with van der Waals surface area (Å²) in [6.07, 6.45) is 10.5. The van der Waals surface area contributed by atoms with E-state index in [1.807, 2.05) is 18.2 Å². The molecule has 1 saturated heterocycles. The van der Waals surface area contributed by atoms with Gasteiger partial charge in [0.05, 0.1) is 6.04 Å². The van der Waals surface area contributed by atoms with Crippen LogP contribution >= 0.6 is 11.6 Å². The number of piperidine rings is 1. The number of ether oxygens (including phenoxy) is 1. The van der Waals surface area contributed by atoms with Gasteiger partial charge in [0.1, 0.15) is 5.75 Å². The maximum atomic E-state index is 6.18. The first-order chi connectivity index (χ1) is 13.3. The molecule has 27 heavy (non-hydrogen) atoms. The first kappa shape index (κ1) is 17.5. The lowest BCUT2D eigenvalue weighted by Gasteiger charge is -2.38. The van der Waals surface area contributed by atoms with Crippen molar-refractivity contribution in [3.63, 3.8) is 0 Å². The summed E-state index contributed by atoms with van der Waals surface area (Å²) < 4.78 is 12.3. The highest BCUT2D eigenvalue weighted by Gasteiger charge is 2.35. The average Bonchev–Trinajstić information content (AvgIpc) is 3.40. The van der Waals surface area contributed by atoms with Crippen LogP contribution in [-0.2, 0) is 6.42 Å². The van der Waals surface area contributed by atoms with Gasteiger partial charge in [-0.3, -0.25) is 4.90 Å². The topological polar surface area (TPSA) is 51.4 Å². The third-order valence-corrected chi connectivity index (χ3v) is 6.56. The number of likely N-dealkylation sites (tertiary alicyclic amines) is 1. The fraction of sp³-hybridized carbons (Fsp3) is 0.619. The van der Waals surface area contributed by atoms with Crippen LogP contribution < -0.4 is 4.74 Å². The van der Waals surface area contributed by atoms with Gasteiger partial charge >= 0.3 is 0 Å². The molecule has 0 amide bonds. The third-order valence-electron chi connectivity index (χ3n) is 6.32. The smallest absolute Gasteiger partial charge is 0.257 e. The minimum Gasteiger partial charge on any atom is -0.480 e. The number of hydrogen-bond acceptors (Lipinski definition) is 5. The number of hydrogen-bond donors (Lipinski definition) is 0. The molecule has 2 atom stereocenters. The van der Waals surface area contributed by atoms with Gasteiger partial charge in [0.15, 0.2) is 6.10 Å². The molecule has 0 radical (unpaired) electrons. The number of aromatic nitrogens is 2. The zero-order chi connectivity index (χ0) is 18.2. The Bertz CT molecular complexity index is 802. The zero-order valence-corrected chi connectivity index (χ0v) is 16.3. The van der Waals surface area contributed by atoms with Crippen LogP contribution in [0.4, 0.5) is 0 Å². The van der Waals surface area contributed by atoms with Crippen LogP contribution in [0.3, 0.4) is 0 Å². The Morgan fingerprint density at radius 3 is 2.67 bits per heavy atom. The lowest BCUT2D eigenvalue weighted by molar-refractivity contribution is 0.0739. The highest BCUT2D eigenvalue weighted by atomic mass is 35.5. The summed E-state index contributed by atoms with van der Waals surface area (Å²) in [6.45, 7) is 1.15. The molecule has 0 N–H and O–H groups in total. The second kappa shape index (κ2) is 7.44. The molecule has 2 fully saturated rings. The van der Waals surface area contributed by atoms with Crippen molar-refractivity contribution < 1.29 is 9.15 Å². The van der Waals surface area contributed by atoms with Crippen molar-refractivity contribution >= 4 is 11.6 Å². The number of halogens is 1. The van der Waals surface area contributed by atoms with Gasteiger partial charge in [0.25, 0.3) is 5.89 Å². The average molecular weight is 388 g/mol. The van der Waals surface area contributed by atoms with Crippen molar-refractivity contribution in [1.82, 2.24) is 15.1 Å². The molecule has 2 aliphatic heterocycles. The number of aryl methyl sites for hydroxylation is 1. The molecule has 3 heterocycles. The molecule has 3 aliphatic rings. The van der Waals surface area contributed by atoms with E-state index in [2.05, 4.69) is 15.1 Å². The van der Waals surface area contributed by atoms with Crippen LogP contribution in [-0.4, -0.2) is 27.7 Å². The molecule has 2 unspecified atom stereocenters. The fourth-order valence-corrected chi connectivity index (χ4v) is 5.13. The molecule has 5 rings (SSSR count). The van der Waals surface area contributed by atoms with Gasteiger partial charge in [-0.1, -0.05) is 30.9 Å². The highest BCUT2D eigenvalue weighted by molar-refractivity contribution is 6.30. The normalized spacial score (nSPS) is 26.7. The van der Waals surface area contributed by atoms with Gasteiger partial charge in [-0.2, -0.15) is 0 Å². The molecule has 2 aromatic rings. The molecule has 1 aromatic heterocycles. The molecule has 0 spiro atoms. The standard InChI is InChI=1S/C21H26ClN3O2/c22-15-9-11-18-14(13-15)8-10-19(26-18)21-24-23-20(27-21)17-7-3-4-12-25(17)16-5-1-2-6-16/h9,11,13,16-17,19H,1-8,10,12H2. The van der Waals surface area contributed by atoms with Crippen LogP contribution in [0.25, 0.3) is 0 Å². The predicted octanol–water partition coefficient (Wildman–Crippen LogP) is 5.26. The van der Waals surface area contributed by atoms with Gasteiger partial charge in [-0.15, -0.1) is 10.2 Å². The van der Waals surface area contributed by atoms with Crippen molar-refractivity contribution in [3.8, 4) is 5.75 Å². The molecule has 6 heteroatoms. The summed E-state index contributed by atoms with van der Waals surface area (Å²) in [4.78, 5) is 2.63. The van der Waals surface area contributed by atoms with Crippen LogP contribution in [0.5, 0.6) is 5.75 Å². The van der Waals surface area contributed by atoms with E-state index in [1.165, 1.54) is 38.5 Å². The summed E-state index contributed by atoms with van der Waals surface area (Å²) in [5.74, 6) is 2.27. The summed E-state index contributed by atoms with van der Waals surface area (Å²) >= 11 is 6.09. The SMILES string of the molecule is Clc1ccc2c(c1)CCC(c1nnc(C3CCCCN3C3CCCC3)o1)O2. The van der Waals surface area contributed by atoms with E-state index in [9.17, 15) is 0 Å². The zero-order valence-electron chi connectivity index (χ0n) is 15.6. The van der Waals surface area contributed by atoms with Gasteiger partial charge < -0.3 is 9.15 Å². The van der Waals surface area contributed by atoms with Crippen molar-refractivity contribution in [2.75, 3.05) is 6.54 Å². The van der Waals surface area contributed by atoms with Gasteiger partial charge in [0.2, 0.25) is 5.89 Å². The lowest BCUT2D eigenvalue weighted by atomic mass is 9.99. The Morgan fingerprint density at radius 1 is 0.963 bits per heavy atom. The summed E-state index contributed by atoms with van der Waals surface area (Å²) in [7, 11) is 0. The number of fused-ring (bicyclic) bond motifs is 1. The predicted molar refractivity (Wildman–Crippen MR) is 103 cm³/mol. The Hall–Kier alpha value is -1.59. The number of nitrogens with zero attached hydrogens (tertiary/aromatic N) is 3. The van der Waals surface area contributed by atoms with E-state index >= 15 is 0 Å². The molecular weight excluding hydrogens is 362 g/mol. The fourth-order valence-electron chi connectivity index (χ4n) is 4.93. The second-order valence-electron chi connectivity index (χ2n) is 8.06. The summed E-state index contributed by atoms with van der Waals surface area (Å²) in [5.41, 5.74) is 1.15. The monoisotopic (exact) mass is 387 g/mol. The molecule has 0 bridgehead atoms. The summed E-state index contributed by atoms with van der Waals surface area (Å²) in [6, 6.07) is 6.74. The minimum absolute atomic E-state index is 0.163.